The number of methoxy groups -OCH3 is 1. The number of ether oxygens (including phenoxy) is 1. The molecule has 152 valence electrons. The second-order valence-corrected chi connectivity index (χ2v) is 8.56. The number of rotatable bonds is 4. The number of benzene rings is 3. The van der Waals surface area contributed by atoms with Gasteiger partial charge in [-0.2, -0.15) is 5.10 Å². The van der Waals surface area contributed by atoms with Gasteiger partial charge in [-0.25, -0.2) is 0 Å². The van der Waals surface area contributed by atoms with E-state index >= 15 is 0 Å². The van der Waals surface area contributed by atoms with Crippen LogP contribution in [-0.2, 0) is 0 Å². The maximum Gasteiger partial charge on any atom is 0.133 e. The summed E-state index contributed by atoms with van der Waals surface area (Å²) >= 11 is 3.54. The fourth-order valence-electron chi connectivity index (χ4n) is 4.52. The summed E-state index contributed by atoms with van der Waals surface area (Å²) in [7, 11) is 1.68. The van der Waals surface area contributed by atoms with Crippen LogP contribution in [0.15, 0.2) is 76.3 Å². The van der Waals surface area contributed by atoms with Gasteiger partial charge in [-0.3, -0.25) is 9.91 Å². The van der Waals surface area contributed by atoms with Crippen molar-refractivity contribution in [2.75, 3.05) is 33.3 Å². The predicted molar refractivity (Wildman–Crippen MR) is 125 cm³/mol. The zero-order valence-electron chi connectivity index (χ0n) is 17.0. The SMILES string of the molecule is COc1ccc(C=NN2CCN(C3c4ccccc4-c4ccccc43)CC2)cc1Br. The van der Waals surface area contributed by atoms with Gasteiger partial charge < -0.3 is 4.74 Å². The van der Waals surface area contributed by atoms with E-state index in [1.807, 2.05) is 24.4 Å². The summed E-state index contributed by atoms with van der Waals surface area (Å²) in [6.07, 6.45) is 1.93. The zero-order valence-corrected chi connectivity index (χ0v) is 18.5. The molecular formula is C25H24BrN3O. The van der Waals surface area contributed by atoms with Crippen LogP contribution in [0, 0.1) is 0 Å². The molecule has 3 aromatic carbocycles. The fourth-order valence-corrected chi connectivity index (χ4v) is 5.08. The predicted octanol–water partition coefficient (Wildman–Crippen LogP) is 5.18. The highest BCUT2D eigenvalue weighted by atomic mass is 79.9. The van der Waals surface area contributed by atoms with Gasteiger partial charge in [-0.05, 0) is 61.9 Å². The van der Waals surface area contributed by atoms with Crippen LogP contribution in [0.4, 0.5) is 0 Å². The molecule has 0 spiro atoms. The van der Waals surface area contributed by atoms with E-state index < -0.39 is 0 Å². The number of nitrogens with zero attached hydrogens (tertiary/aromatic N) is 3. The third-order valence-electron chi connectivity index (χ3n) is 6.00. The van der Waals surface area contributed by atoms with Crippen LogP contribution in [0.5, 0.6) is 5.75 Å². The molecule has 1 aliphatic carbocycles. The van der Waals surface area contributed by atoms with E-state index in [1.54, 1.807) is 7.11 Å². The highest BCUT2D eigenvalue weighted by Crippen LogP contribution is 2.46. The lowest BCUT2D eigenvalue weighted by molar-refractivity contribution is 0.114. The first kappa shape index (κ1) is 19.3. The summed E-state index contributed by atoms with van der Waals surface area (Å²) in [5.41, 5.74) is 6.67. The van der Waals surface area contributed by atoms with Crippen LogP contribution in [0.2, 0.25) is 0 Å². The van der Waals surface area contributed by atoms with E-state index in [4.69, 9.17) is 9.84 Å². The maximum absolute atomic E-state index is 5.30. The van der Waals surface area contributed by atoms with Crippen molar-refractivity contribution >= 4 is 22.1 Å². The summed E-state index contributed by atoms with van der Waals surface area (Å²) in [5, 5.41) is 6.89. The van der Waals surface area contributed by atoms with E-state index in [9.17, 15) is 0 Å². The Morgan fingerprint density at radius 1 is 0.900 bits per heavy atom. The number of halogens is 1. The number of piperazine rings is 1. The van der Waals surface area contributed by atoms with E-state index in [0.29, 0.717) is 6.04 Å². The maximum atomic E-state index is 5.30. The molecule has 1 saturated heterocycles. The van der Waals surface area contributed by atoms with Crippen molar-refractivity contribution in [3.05, 3.63) is 87.9 Å². The molecule has 0 bridgehead atoms. The number of hydrazone groups is 1. The van der Waals surface area contributed by atoms with Gasteiger partial charge in [0, 0.05) is 26.2 Å². The van der Waals surface area contributed by atoms with Crippen LogP contribution in [0.3, 0.4) is 0 Å². The van der Waals surface area contributed by atoms with Gasteiger partial charge in [-0.1, -0.05) is 48.5 Å². The smallest absolute Gasteiger partial charge is 0.133 e. The molecule has 5 heteroatoms. The van der Waals surface area contributed by atoms with Crippen molar-refractivity contribution < 1.29 is 4.74 Å². The summed E-state index contributed by atoms with van der Waals surface area (Å²) < 4.78 is 6.24. The quantitative estimate of drug-likeness (QED) is 0.501. The molecule has 0 unspecified atom stereocenters. The van der Waals surface area contributed by atoms with E-state index in [-0.39, 0.29) is 0 Å². The Morgan fingerprint density at radius 2 is 1.53 bits per heavy atom. The minimum atomic E-state index is 0.348. The molecule has 5 rings (SSSR count). The van der Waals surface area contributed by atoms with Crippen molar-refractivity contribution in [3.8, 4) is 16.9 Å². The van der Waals surface area contributed by atoms with Gasteiger partial charge in [0.05, 0.1) is 23.8 Å². The zero-order chi connectivity index (χ0) is 20.5. The molecule has 0 amide bonds. The highest BCUT2D eigenvalue weighted by Gasteiger charge is 2.33. The Bertz CT molecular complexity index is 1040. The second kappa shape index (κ2) is 8.25. The van der Waals surface area contributed by atoms with Gasteiger partial charge >= 0.3 is 0 Å². The second-order valence-electron chi connectivity index (χ2n) is 7.71. The Labute approximate surface area is 185 Å². The van der Waals surface area contributed by atoms with Gasteiger partial charge in [-0.15, -0.1) is 0 Å². The van der Waals surface area contributed by atoms with Gasteiger partial charge in [0.15, 0.2) is 0 Å². The van der Waals surface area contributed by atoms with E-state index in [1.165, 1.54) is 22.3 Å². The van der Waals surface area contributed by atoms with Crippen LogP contribution in [0.25, 0.3) is 11.1 Å². The minimum absolute atomic E-state index is 0.348. The molecule has 30 heavy (non-hydrogen) atoms. The summed E-state index contributed by atoms with van der Waals surface area (Å²) in [4.78, 5) is 2.60. The van der Waals surface area contributed by atoms with Crippen LogP contribution < -0.4 is 4.74 Å². The minimum Gasteiger partial charge on any atom is -0.496 e. The first-order valence-corrected chi connectivity index (χ1v) is 11.1. The van der Waals surface area contributed by atoms with E-state index in [0.717, 1.165) is 42.0 Å². The average Bonchev–Trinajstić information content (AvgIpc) is 3.13. The third-order valence-corrected chi connectivity index (χ3v) is 6.62. The molecule has 1 aliphatic heterocycles. The standard InChI is InChI=1S/C25H24BrN3O/c1-30-24-11-10-18(16-23(24)26)17-27-29-14-12-28(13-15-29)25-21-8-4-2-6-19(21)20-7-3-5-9-22(20)25/h2-11,16-17,25H,12-15H2,1H3. The molecule has 0 N–H and O–H groups in total. The Morgan fingerprint density at radius 3 is 2.13 bits per heavy atom. The molecular weight excluding hydrogens is 438 g/mol. The lowest BCUT2D eigenvalue weighted by Crippen LogP contribution is -2.45. The molecule has 4 nitrogen and oxygen atoms in total. The number of hydrogen-bond donors (Lipinski definition) is 0. The summed E-state index contributed by atoms with van der Waals surface area (Å²) in [5.74, 6) is 0.831. The highest BCUT2D eigenvalue weighted by molar-refractivity contribution is 9.10. The van der Waals surface area contributed by atoms with Crippen LogP contribution >= 0.6 is 15.9 Å². The molecule has 2 aliphatic rings. The van der Waals surface area contributed by atoms with Gasteiger partial charge in [0.2, 0.25) is 0 Å². The number of hydrogen-bond acceptors (Lipinski definition) is 4. The molecule has 1 fully saturated rings. The largest absolute Gasteiger partial charge is 0.496 e. The lowest BCUT2D eigenvalue weighted by atomic mass is 10.0. The van der Waals surface area contributed by atoms with E-state index in [2.05, 4.69) is 74.4 Å². The monoisotopic (exact) mass is 461 g/mol. The van der Waals surface area contributed by atoms with Crippen molar-refractivity contribution in [2.24, 2.45) is 5.10 Å². The summed E-state index contributed by atoms with van der Waals surface area (Å²) in [6, 6.07) is 24.0. The van der Waals surface area contributed by atoms with Crippen molar-refractivity contribution in [2.45, 2.75) is 6.04 Å². The Balaban J connectivity index is 1.29. The Hall–Kier alpha value is -2.63. The van der Waals surface area contributed by atoms with Crippen LogP contribution in [-0.4, -0.2) is 49.4 Å². The normalized spacial score (nSPS) is 16.7. The van der Waals surface area contributed by atoms with Crippen molar-refractivity contribution in [1.29, 1.82) is 0 Å². The molecule has 0 radical (unpaired) electrons. The molecule has 1 heterocycles. The van der Waals surface area contributed by atoms with Gasteiger partial charge in [0.25, 0.3) is 0 Å². The van der Waals surface area contributed by atoms with Crippen molar-refractivity contribution in [3.63, 3.8) is 0 Å². The fraction of sp³-hybridized carbons (Fsp3) is 0.240. The van der Waals surface area contributed by atoms with Crippen molar-refractivity contribution in [1.82, 2.24) is 9.91 Å². The molecule has 0 atom stereocenters. The molecule has 3 aromatic rings. The molecule has 0 aromatic heterocycles. The average molecular weight is 462 g/mol. The summed E-state index contributed by atoms with van der Waals surface area (Å²) in [6.45, 7) is 3.84. The topological polar surface area (TPSA) is 28.1 Å². The first-order valence-electron chi connectivity index (χ1n) is 10.3. The van der Waals surface area contributed by atoms with Crippen LogP contribution in [0.1, 0.15) is 22.7 Å². The Kier molecular flexibility index (Phi) is 5.32. The molecule has 0 saturated carbocycles. The lowest BCUT2D eigenvalue weighted by Gasteiger charge is -2.37. The van der Waals surface area contributed by atoms with Gasteiger partial charge in [0.1, 0.15) is 5.75 Å². The number of fused-ring (bicyclic) bond motifs is 3. The first-order chi connectivity index (χ1) is 14.7. The third kappa shape index (κ3) is 3.53.